The lowest BCUT2D eigenvalue weighted by Crippen LogP contribution is -2.15. The lowest BCUT2D eigenvalue weighted by Gasteiger charge is -2.03. The maximum Gasteiger partial charge on any atom is 0.320 e. The molecule has 0 atom stereocenters. The van der Waals surface area contributed by atoms with E-state index in [1.165, 1.54) is 16.4 Å². The molecule has 1 amide bonds. The Morgan fingerprint density at radius 2 is 1.92 bits per heavy atom. The molecular weight excluding hydrogens is 336 g/mol. The second-order valence-corrected chi connectivity index (χ2v) is 5.81. The van der Waals surface area contributed by atoms with Gasteiger partial charge in [-0.1, -0.05) is 29.8 Å². The van der Waals surface area contributed by atoms with Crippen LogP contribution in [0.1, 0.15) is 28.5 Å². The molecule has 0 saturated carbocycles. The third-order valence-corrected chi connectivity index (χ3v) is 3.83. The molecule has 2 aromatic heterocycles. The van der Waals surface area contributed by atoms with Crippen LogP contribution in [0, 0.1) is 17.0 Å². The number of aromatic nitrogens is 4. The van der Waals surface area contributed by atoms with E-state index in [0.717, 1.165) is 5.56 Å². The topological polar surface area (TPSA) is 108 Å². The van der Waals surface area contributed by atoms with Crippen molar-refractivity contribution in [2.75, 3.05) is 5.32 Å². The lowest BCUT2D eigenvalue weighted by molar-refractivity contribution is -0.385. The van der Waals surface area contributed by atoms with Gasteiger partial charge in [-0.3, -0.25) is 24.3 Å². The van der Waals surface area contributed by atoms with E-state index in [0.29, 0.717) is 18.9 Å². The SMILES string of the molecule is CCn1cc([N+](=O)[O-])c(C(=O)Nc2ccn(Cc3ccc(C)cc3)n2)n1. The van der Waals surface area contributed by atoms with E-state index >= 15 is 0 Å². The molecule has 0 fully saturated rings. The monoisotopic (exact) mass is 354 g/mol. The number of hydrogen-bond acceptors (Lipinski definition) is 5. The number of rotatable bonds is 6. The molecular formula is C17H18N6O3. The second kappa shape index (κ2) is 7.18. The molecule has 0 saturated heterocycles. The largest absolute Gasteiger partial charge is 0.320 e. The summed E-state index contributed by atoms with van der Waals surface area (Å²) in [7, 11) is 0. The first-order valence-electron chi connectivity index (χ1n) is 8.08. The molecule has 0 radical (unpaired) electrons. The van der Waals surface area contributed by atoms with Crippen molar-refractivity contribution >= 4 is 17.4 Å². The number of nitro groups is 1. The summed E-state index contributed by atoms with van der Waals surface area (Å²) in [5, 5.41) is 21.9. The molecule has 3 aromatic rings. The number of benzene rings is 1. The summed E-state index contributed by atoms with van der Waals surface area (Å²) >= 11 is 0. The van der Waals surface area contributed by atoms with Crippen LogP contribution in [0.5, 0.6) is 0 Å². The Hall–Kier alpha value is -3.49. The molecule has 9 heteroatoms. The molecule has 9 nitrogen and oxygen atoms in total. The molecule has 0 aliphatic carbocycles. The summed E-state index contributed by atoms with van der Waals surface area (Å²) in [5.41, 5.74) is 1.69. The summed E-state index contributed by atoms with van der Waals surface area (Å²) in [4.78, 5) is 22.8. The molecule has 1 N–H and O–H groups in total. The van der Waals surface area contributed by atoms with Gasteiger partial charge in [0.1, 0.15) is 6.20 Å². The molecule has 0 spiro atoms. The normalized spacial score (nSPS) is 10.7. The highest BCUT2D eigenvalue weighted by atomic mass is 16.6. The minimum Gasteiger partial charge on any atom is -0.303 e. The third kappa shape index (κ3) is 3.77. The van der Waals surface area contributed by atoms with Gasteiger partial charge in [0.15, 0.2) is 5.82 Å². The predicted octanol–water partition coefficient (Wildman–Crippen LogP) is 2.62. The van der Waals surface area contributed by atoms with E-state index in [1.54, 1.807) is 23.9 Å². The number of nitrogens with one attached hydrogen (secondary N) is 1. The molecule has 0 aliphatic heterocycles. The average molecular weight is 354 g/mol. The Morgan fingerprint density at radius 3 is 2.58 bits per heavy atom. The molecule has 2 heterocycles. The number of carbonyl (C=O) groups excluding carboxylic acids is 1. The average Bonchev–Trinajstić information content (AvgIpc) is 3.23. The fourth-order valence-corrected chi connectivity index (χ4v) is 2.44. The van der Waals surface area contributed by atoms with Gasteiger partial charge in [-0.25, -0.2) is 0 Å². The smallest absolute Gasteiger partial charge is 0.303 e. The Balaban J connectivity index is 1.72. The Morgan fingerprint density at radius 1 is 1.19 bits per heavy atom. The van der Waals surface area contributed by atoms with Crippen LogP contribution < -0.4 is 5.32 Å². The van der Waals surface area contributed by atoms with Gasteiger partial charge in [-0.2, -0.15) is 10.2 Å². The zero-order chi connectivity index (χ0) is 18.7. The van der Waals surface area contributed by atoms with E-state index in [1.807, 2.05) is 31.2 Å². The standard InChI is InChI=1S/C17H18N6O3/c1-3-21-11-14(23(25)26)16(20-21)17(24)18-15-8-9-22(19-15)10-13-6-4-12(2)5-7-13/h4-9,11H,3,10H2,1-2H3,(H,18,19,24). The maximum atomic E-state index is 12.3. The van der Waals surface area contributed by atoms with Gasteiger partial charge in [0.2, 0.25) is 5.69 Å². The van der Waals surface area contributed by atoms with Crippen molar-refractivity contribution in [1.29, 1.82) is 0 Å². The Kier molecular flexibility index (Phi) is 4.78. The maximum absolute atomic E-state index is 12.3. The van der Waals surface area contributed by atoms with E-state index in [9.17, 15) is 14.9 Å². The van der Waals surface area contributed by atoms with Crippen LogP contribution in [-0.2, 0) is 13.1 Å². The minimum absolute atomic E-state index is 0.232. The molecule has 3 rings (SSSR count). The second-order valence-electron chi connectivity index (χ2n) is 5.81. The Labute approximate surface area is 149 Å². The van der Waals surface area contributed by atoms with E-state index < -0.39 is 10.8 Å². The van der Waals surface area contributed by atoms with E-state index in [2.05, 4.69) is 15.5 Å². The van der Waals surface area contributed by atoms with E-state index in [-0.39, 0.29) is 11.4 Å². The van der Waals surface area contributed by atoms with Crippen LogP contribution in [0.3, 0.4) is 0 Å². The highest BCUT2D eigenvalue weighted by molar-refractivity contribution is 6.05. The van der Waals surface area contributed by atoms with Crippen molar-refractivity contribution in [3.8, 4) is 0 Å². The van der Waals surface area contributed by atoms with Crippen molar-refractivity contribution in [1.82, 2.24) is 19.6 Å². The fourth-order valence-electron chi connectivity index (χ4n) is 2.44. The highest BCUT2D eigenvalue weighted by Gasteiger charge is 2.25. The molecule has 26 heavy (non-hydrogen) atoms. The van der Waals surface area contributed by atoms with Crippen molar-refractivity contribution in [3.05, 3.63) is 69.7 Å². The van der Waals surface area contributed by atoms with Gasteiger partial charge >= 0.3 is 5.69 Å². The molecule has 0 aliphatic rings. The quantitative estimate of drug-likeness (QED) is 0.541. The number of anilines is 1. The molecule has 1 aromatic carbocycles. The van der Waals surface area contributed by atoms with Crippen LogP contribution in [0.15, 0.2) is 42.7 Å². The zero-order valence-electron chi connectivity index (χ0n) is 14.4. The van der Waals surface area contributed by atoms with Crippen LogP contribution >= 0.6 is 0 Å². The van der Waals surface area contributed by atoms with Gasteiger partial charge in [0.25, 0.3) is 5.91 Å². The van der Waals surface area contributed by atoms with Crippen LogP contribution in [0.25, 0.3) is 0 Å². The lowest BCUT2D eigenvalue weighted by atomic mass is 10.1. The first kappa shape index (κ1) is 17.3. The number of hydrogen-bond donors (Lipinski definition) is 1. The van der Waals surface area contributed by atoms with Crippen LogP contribution in [0.2, 0.25) is 0 Å². The summed E-state index contributed by atoms with van der Waals surface area (Å²) in [6.07, 6.45) is 2.97. The predicted molar refractivity (Wildman–Crippen MR) is 95.0 cm³/mol. The van der Waals surface area contributed by atoms with Crippen molar-refractivity contribution in [2.45, 2.75) is 26.9 Å². The third-order valence-electron chi connectivity index (χ3n) is 3.83. The zero-order valence-corrected chi connectivity index (χ0v) is 14.4. The van der Waals surface area contributed by atoms with Gasteiger partial charge in [0.05, 0.1) is 11.5 Å². The highest BCUT2D eigenvalue weighted by Crippen LogP contribution is 2.18. The number of amides is 1. The van der Waals surface area contributed by atoms with Crippen molar-refractivity contribution < 1.29 is 9.72 Å². The van der Waals surface area contributed by atoms with Crippen LogP contribution in [-0.4, -0.2) is 30.4 Å². The van der Waals surface area contributed by atoms with Crippen molar-refractivity contribution in [2.24, 2.45) is 0 Å². The fraction of sp³-hybridized carbons (Fsp3) is 0.235. The number of nitrogens with zero attached hydrogens (tertiary/aromatic N) is 5. The molecule has 0 unspecified atom stereocenters. The van der Waals surface area contributed by atoms with E-state index in [4.69, 9.17) is 0 Å². The summed E-state index contributed by atoms with van der Waals surface area (Å²) in [6, 6.07) is 9.69. The summed E-state index contributed by atoms with van der Waals surface area (Å²) < 4.78 is 3.03. The minimum atomic E-state index is -0.663. The Bertz CT molecular complexity index is 942. The first-order chi connectivity index (χ1) is 12.5. The summed E-state index contributed by atoms with van der Waals surface area (Å²) in [5.74, 6) is -0.355. The first-order valence-corrected chi connectivity index (χ1v) is 8.08. The molecule has 134 valence electrons. The van der Waals surface area contributed by atoms with Gasteiger partial charge < -0.3 is 5.32 Å². The summed E-state index contributed by atoms with van der Waals surface area (Å²) in [6.45, 7) is 4.79. The molecule has 0 bridgehead atoms. The number of aryl methyl sites for hydroxylation is 2. The van der Waals surface area contributed by atoms with Gasteiger partial charge in [-0.15, -0.1) is 0 Å². The number of carbonyl (C=O) groups is 1. The van der Waals surface area contributed by atoms with Crippen LogP contribution in [0.4, 0.5) is 11.5 Å². The van der Waals surface area contributed by atoms with Gasteiger partial charge in [0, 0.05) is 18.8 Å². The van der Waals surface area contributed by atoms with Gasteiger partial charge in [-0.05, 0) is 19.4 Å². The van der Waals surface area contributed by atoms with Crippen molar-refractivity contribution in [3.63, 3.8) is 0 Å².